The van der Waals surface area contributed by atoms with Crippen molar-refractivity contribution in [2.75, 3.05) is 5.88 Å². The first-order valence-corrected chi connectivity index (χ1v) is 14.8. The van der Waals surface area contributed by atoms with Gasteiger partial charge in [-0.3, -0.25) is 19.1 Å². The van der Waals surface area contributed by atoms with E-state index in [9.17, 15) is 19.5 Å². The zero-order valence-electron chi connectivity index (χ0n) is 23.8. The molecule has 1 saturated heterocycles. The highest BCUT2D eigenvalue weighted by atomic mass is 35.5. The topological polar surface area (TPSA) is 117 Å². The molecule has 3 amide bonds. The van der Waals surface area contributed by atoms with E-state index in [1.54, 1.807) is 14.0 Å². The van der Waals surface area contributed by atoms with Gasteiger partial charge in [0.2, 0.25) is 5.91 Å². The number of aryl methyl sites for hydroxylation is 3. The number of aromatic nitrogens is 2. The molecule has 218 valence electrons. The average molecular weight is 598 g/mol. The fraction of sp³-hybridized carbons (Fsp3) is 0.400. The van der Waals surface area contributed by atoms with Crippen molar-refractivity contribution in [1.29, 1.82) is 0 Å². The molecule has 3 N–H and O–H groups in total. The number of carbonyl (C=O) groups excluding carboxylic acids is 3. The molecule has 4 rings (SSSR count). The molecule has 11 heteroatoms. The predicted molar refractivity (Wildman–Crippen MR) is 161 cm³/mol. The van der Waals surface area contributed by atoms with Crippen molar-refractivity contribution in [3.8, 4) is 0 Å². The van der Waals surface area contributed by atoms with Crippen molar-refractivity contribution in [3.05, 3.63) is 87.7 Å². The summed E-state index contributed by atoms with van der Waals surface area (Å²) in [6, 6.07) is 15.2. The predicted octanol–water partition coefficient (Wildman–Crippen LogP) is 3.39. The Morgan fingerprint density at radius 2 is 1.78 bits per heavy atom. The van der Waals surface area contributed by atoms with Crippen LogP contribution in [-0.4, -0.2) is 66.3 Å². The number of nitrogens with one attached hydrogen (secondary N) is 2. The van der Waals surface area contributed by atoms with Gasteiger partial charge in [0.25, 0.3) is 11.8 Å². The molecule has 9 nitrogen and oxygen atoms in total. The molecule has 2 heterocycles. The highest BCUT2D eigenvalue weighted by Gasteiger charge is 2.49. The second-order valence-corrected chi connectivity index (χ2v) is 12.8. The number of aliphatic hydroxyl groups is 1. The molecule has 41 heavy (non-hydrogen) atoms. The van der Waals surface area contributed by atoms with Crippen LogP contribution in [0.2, 0.25) is 5.15 Å². The largest absolute Gasteiger partial charge is 0.381 e. The Kier molecular flexibility index (Phi) is 9.46. The van der Waals surface area contributed by atoms with Gasteiger partial charge in [0.05, 0.1) is 23.2 Å². The summed E-state index contributed by atoms with van der Waals surface area (Å²) >= 11 is 7.79. The van der Waals surface area contributed by atoms with Gasteiger partial charge in [-0.25, -0.2) is 0 Å². The molecule has 0 unspecified atom stereocenters. The molecule has 3 aromatic rings. The Bertz CT molecular complexity index is 1430. The van der Waals surface area contributed by atoms with Gasteiger partial charge in [-0.15, -0.1) is 11.8 Å². The third-order valence-corrected chi connectivity index (χ3v) is 9.23. The Hall–Kier alpha value is -3.34. The summed E-state index contributed by atoms with van der Waals surface area (Å²) in [5.74, 6) is -1.25. The molecule has 2 aromatic carbocycles. The van der Waals surface area contributed by atoms with E-state index in [1.165, 1.54) is 21.3 Å². The summed E-state index contributed by atoms with van der Waals surface area (Å²) in [7, 11) is 1.63. The average Bonchev–Trinajstić information content (AvgIpc) is 3.39. The quantitative estimate of drug-likeness (QED) is 0.348. The van der Waals surface area contributed by atoms with Gasteiger partial charge in [0.15, 0.2) is 6.10 Å². The Morgan fingerprint density at radius 1 is 1.12 bits per heavy atom. The number of hydrogen-bond acceptors (Lipinski definition) is 6. The fourth-order valence-electron chi connectivity index (χ4n) is 5.08. The Morgan fingerprint density at radius 3 is 2.41 bits per heavy atom. The highest BCUT2D eigenvalue weighted by Crippen LogP contribution is 2.40. The number of nitrogens with zero attached hydrogens (tertiary/aromatic N) is 3. The standard InChI is InChI=1S/C30H36ClN5O4S/c1-18-11-9-10-14-21(18)16-32-28(39)25-30(3,4)41-17-36(25)29(40)24(37)22(15-20-12-7-6-8-13-20)33-27(38)23-19(2)34-35(5)26(23)31/h6-14,22,24-25,37H,15-17H2,1-5H3,(H,32,39)(H,33,38)/t22-,24-,25+/m0/s1. The molecule has 1 aliphatic heterocycles. The third kappa shape index (κ3) is 6.77. The summed E-state index contributed by atoms with van der Waals surface area (Å²) in [6.07, 6.45) is -1.43. The number of carbonyl (C=O) groups is 3. The number of rotatable bonds is 9. The summed E-state index contributed by atoms with van der Waals surface area (Å²) < 4.78 is 0.799. The third-order valence-electron chi connectivity index (χ3n) is 7.42. The Labute approximate surface area is 249 Å². The molecule has 0 aliphatic carbocycles. The molecule has 1 aromatic heterocycles. The molecule has 0 saturated carbocycles. The Balaban J connectivity index is 1.56. The maximum absolute atomic E-state index is 13.9. The maximum Gasteiger partial charge on any atom is 0.256 e. The van der Waals surface area contributed by atoms with Crippen LogP contribution in [0.4, 0.5) is 0 Å². The molecule has 0 spiro atoms. The summed E-state index contributed by atoms with van der Waals surface area (Å²) in [4.78, 5) is 42.1. The van der Waals surface area contributed by atoms with Crippen LogP contribution < -0.4 is 10.6 Å². The SMILES string of the molecule is Cc1ccccc1CNC(=O)[C@H]1N(C(=O)[C@@H](O)[C@H](Cc2ccccc2)NC(=O)c2c(C)nn(C)c2Cl)CSC1(C)C. The number of amides is 3. The van der Waals surface area contributed by atoms with E-state index in [1.807, 2.05) is 75.4 Å². The second kappa shape index (κ2) is 12.7. The highest BCUT2D eigenvalue weighted by molar-refractivity contribution is 8.00. The fourth-order valence-corrected chi connectivity index (χ4v) is 6.48. The van der Waals surface area contributed by atoms with E-state index in [0.717, 1.165) is 16.7 Å². The van der Waals surface area contributed by atoms with Crippen molar-refractivity contribution < 1.29 is 19.5 Å². The summed E-state index contributed by atoms with van der Waals surface area (Å²) in [5.41, 5.74) is 3.47. The number of benzene rings is 2. The number of aliphatic hydroxyl groups excluding tert-OH is 1. The van der Waals surface area contributed by atoms with Crippen LogP contribution in [0.1, 0.15) is 46.6 Å². The lowest BCUT2D eigenvalue weighted by molar-refractivity contribution is -0.147. The number of hydrogen-bond donors (Lipinski definition) is 3. The van der Waals surface area contributed by atoms with E-state index < -0.39 is 34.7 Å². The van der Waals surface area contributed by atoms with Gasteiger partial charge in [0.1, 0.15) is 11.2 Å². The smallest absolute Gasteiger partial charge is 0.256 e. The first kappa shape index (κ1) is 30.6. The minimum Gasteiger partial charge on any atom is -0.381 e. The van der Waals surface area contributed by atoms with Gasteiger partial charge in [-0.05, 0) is 50.8 Å². The van der Waals surface area contributed by atoms with Crippen LogP contribution >= 0.6 is 23.4 Å². The molecular formula is C30H36ClN5O4S. The molecule has 3 atom stereocenters. The van der Waals surface area contributed by atoms with Crippen molar-refractivity contribution in [1.82, 2.24) is 25.3 Å². The lowest BCUT2D eigenvalue weighted by Crippen LogP contribution is -2.58. The van der Waals surface area contributed by atoms with Crippen molar-refractivity contribution in [3.63, 3.8) is 0 Å². The molecule has 1 fully saturated rings. The van der Waals surface area contributed by atoms with Crippen LogP contribution in [-0.2, 0) is 29.6 Å². The van der Waals surface area contributed by atoms with Crippen molar-refractivity contribution in [2.24, 2.45) is 7.05 Å². The van der Waals surface area contributed by atoms with Crippen molar-refractivity contribution in [2.45, 2.75) is 63.6 Å². The van der Waals surface area contributed by atoms with Gasteiger partial charge >= 0.3 is 0 Å². The molecular weight excluding hydrogens is 562 g/mol. The van der Waals surface area contributed by atoms with E-state index >= 15 is 0 Å². The number of thioether (sulfide) groups is 1. The lowest BCUT2D eigenvalue weighted by Gasteiger charge is -2.33. The van der Waals surface area contributed by atoms with Gasteiger partial charge < -0.3 is 20.6 Å². The zero-order valence-corrected chi connectivity index (χ0v) is 25.4. The second-order valence-electron chi connectivity index (χ2n) is 10.8. The lowest BCUT2D eigenvalue weighted by atomic mass is 9.97. The van der Waals surface area contributed by atoms with Crippen molar-refractivity contribution >= 4 is 41.1 Å². The van der Waals surface area contributed by atoms with Crippen LogP contribution in [0.3, 0.4) is 0 Å². The molecule has 0 radical (unpaired) electrons. The van der Waals surface area contributed by atoms with Gasteiger partial charge in [-0.2, -0.15) is 5.10 Å². The van der Waals surface area contributed by atoms with E-state index in [0.29, 0.717) is 12.2 Å². The van der Waals surface area contributed by atoms with Crippen LogP contribution in [0.5, 0.6) is 0 Å². The number of halogens is 1. The van der Waals surface area contributed by atoms with Gasteiger partial charge in [-0.1, -0.05) is 66.2 Å². The summed E-state index contributed by atoms with van der Waals surface area (Å²) in [6.45, 7) is 7.78. The minimum absolute atomic E-state index is 0.155. The first-order chi connectivity index (χ1) is 19.4. The first-order valence-electron chi connectivity index (χ1n) is 13.4. The normalized spacial score (nSPS) is 17.6. The maximum atomic E-state index is 13.9. The van der Waals surface area contributed by atoms with Crippen LogP contribution in [0.15, 0.2) is 54.6 Å². The molecule has 0 bridgehead atoms. The minimum atomic E-state index is -1.61. The zero-order chi connectivity index (χ0) is 29.9. The monoisotopic (exact) mass is 597 g/mol. The van der Waals surface area contributed by atoms with Crippen LogP contribution in [0, 0.1) is 13.8 Å². The summed E-state index contributed by atoms with van der Waals surface area (Å²) in [5, 5.41) is 21.6. The van der Waals surface area contributed by atoms with Crippen LogP contribution in [0.25, 0.3) is 0 Å². The molecule has 1 aliphatic rings. The van der Waals surface area contributed by atoms with Gasteiger partial charge in [0, 0.05) is 18.3 Å². The van der Waals surface area contributed by atoms with E-state index in [-0.39, 0.29) is 28.9 Å². The van der Waals surface area contributed by atoms with E-state index in [2.05, 4.69) is 15.7 Å². The van der Waals surface area contributed by atoms with E-state index in [4.69, 9.17) is 11.6 Å².